The van der Waals surface area contributed by atoms with Crippen molar-refractivity contribution in [2.45, 2.75) is 19.8 Å². The fourth-order valence-electron chi connectivity index (χ4n) is 2.28. The molecule has 0 unspecified atom stereocenters. The summed E-state index contributed by atoms with van der Waals surface area (Å²) in [5, 5.41) is 8.93. The van der Waals surface area contributed by atoms with Crippen molar-refractivity contribution >= 4 is 29.3 Å². The van der Waals surface area contributed by atoms with Gasteiger partial charge >= 0.3 is 11.9 Å². The highest BCUT2D eigenvalue weighted by Crippen LogP contribution is 2.33. The van der Waals surface area contributed by atoms with Crippen LogP contribution in [0.15, 0.2) is 18.2 Å². The van der Waals surface area contributed by atoms with Gasteiger partial charge in [0.05, 0.1) is 18.7 Å². The molecular weight excluding hydrogens is 318 g/mol. The number of ether oxygens (including phenoxy) is 2. The minimum atomic E-state index is -1.17. The van der Waals surface area contributed by atoms with Crippen LogP contribution in [0, 0.1) is 0 Å². The molecule has 0 saturated carbocycles. The van der Waals surface area contributed by atoms with E-state index in [-0.39, 0.29) is 43.1 Å². The molecule has 0 bridgehead atoms. The zero-order chi connectivity index (χ0) is 17.7. The number of carbonyl (C=O) groups excluding carboxylic acids is 3. The number of ketones is 1. The van der Waals surface area contributed by atoms with Gasteiger partial charge in [0.2, 0.25) is 0 Å². The maximum absolute atomic E-state index is 12.2. The van der Waals surface area contributed by atoms with Crippen molar-refractivity contribution in [3.05, 3.63) is 23.8 Å². The Kier molecular flexibility index (Phi) is 5.51. The molecule has 0 fully saturated rings. The van der Waals surface area contributed by atoms with Gasteiger partial charge in [-0.2, -0.15) is 0 Å². The Morgan fingerprint density at radius 3 is 2.71 bits per heavy atom. The van der Waals surface area contributed by atoms with E-state index in [4.69, 9.17) is 14.6 Å². The topological polar surface area (TPSA) is 110 Å². The van der Waals surface area contributed by atoms with Gasteiger partial charge in [-0.05, 0) is 25.1 Å². The average Bonchev–Trinajstić information content (AvgIpc) is 2.55. The quantitative estimate of drug-likeness (QED) is 0.585. The average molecular weight is 335 g/mol. The van der Waals surface area contributed by atoms with Crippen molar-refractivity contribution < 1.29 is 33.8 Å². The van der Waals surface area contributed by atoms with Gasteiger partial charge in [-0.1, -0.05) is 0 Å². The van der Waals surface area contributed by atoms with Crippen molar-refractivity contribution in [2.24, 2.45) is 0 Å². The molecule has 8 nitrogen and oxygen atoms in total. The number of amides is 1. The molecule has 0 atom stereocenters. The molecule has 1 amide bonds. The maximum Gasteiger partial charge on any atom is 0.323 e. The highest BCUT2D eigenvalue weighted by atomic mass is 16.5. The summed E-state index contributed by atoms with van der Waals surface area (Å²) >= 11 is 0. The Hall–Kier alpha value is -2.90. The molecule has 8 heteroatoms. The third kappa shape index (κ3) is 4.09. The summed E-state index contributed by atoms with van der Waals surface area (Å²) in [5.41, 5.74) is 0.502. The number of anilines is 1. The highest BCUT2D eigenvalue weighted by molar-refractivity contribution is 6.04. The van der Waals surface area contributed by atoms with Gasteiger partial charge in [-0.15, -0.1) is 0 Å². The monoisotopic (exact) mass is 335 g/mol. The van der Waals surface area contributed by atoms with Crippen molar-refractivity contribution in [1.82, 2.24) is 0 Å². The number of benzene rings is 1. The van der Waals surface area contributed by atoms with Crippen LogP contribution in [0.4, 0.5) is 5.69 Å². The zero-order valence-corrected chi connectivity index (χ0v) is 13.1. The van der Waals surface area contributed by atoms with E-state index in [0.29, 0.717) is 5.75 Å². The summed E-state index contributed by atoms with van der Waals surface area (Å²) in [4.78, 5) is 47.3. The van der Waals surface area contributed by atoms with Crippen LogP contribution < -0.4 is 9.64 Å². The third-order valence-corrected chi connectivity index (χ3v) is 3.38. The van der Waals surface area contributed by atoms with Crippen LogP contribution >= 0.6 is 0 Å². The predicted molar refractivity (Wildman–Crippen MR) is 82.1 cm³/mol. The number of hydrogen-bond acceptors (Lipinski definition) is 6. The third-order valence-electron chi connectivity index (χ3n) is 3.38. The van der Waals surface area contributed by atoms with Gasteiger partial charge in [0.25, 0.3) is 5.91 Å². The van der Waals surface area contributed by atoms with Crippen LogP contribution in [-0.4, -0.2) is 48.5 Å². The molecule has 1 aromatic rings. The van der Waals surface area contributed by atoms with Gasteiger partial charge in [0.1, 0.15) is 12.3 Å². The molecule has 0 spiro atoms. The fourth-order valence-corrected chi connectivity index (χ4v) is 2.28. The van der Waals surface area contributed by atoms with E-state index >= 15 is 0 Å². The van der Waals surface area contributed by atoms with E-state index in [0.717, 1.165) is 4.90 Å². The summed E-state index contributed by atoms with van der Waals surface area (Å²) < 4.78 is 10.0. The number of carbonyl (C=O) groups is 4. The molecule has 0 aromatic heterocycles. The Labute approximate surface area is 138 Å². The number of rotatable bonds is 7. The maximum atomic E-state index is 12.2. The largest absolute Gasteiger partial charge is 0.482 e. The number of fused-ring (bicyclic) bond motifs is 1. The van der Waals surface area contributed by atoms with E-state index in [2.05, 4.69) is 0 Å². The molecule has 128 valence electrons. The molecule has 1 aliphatic heterocycles. The van der Waals surface area contributed by atoms with Crippen LogP contribution in [0.2, 0.25) is 0 Å². The Morgan fingerprint density at radius 2 is 2.04 bits per heavy atom. The van der Waals surface area contributed by atoms with Crippen LogP contribution in [0.5, 0.6) is 5.75 Å². The van der Waals surface area contributed by atoms with Crippen LogP contribution in [0.3, 0.4) is 0 Å². The Morgan fingerprint density at radius 1 is 1.29 bits per heavy atom. The lowest BCUT2D eigenvalue weighted by molar-refractivity contribution is -0.143. The standard InChI is InChI=1S/C16H17NO7/c1-2-23-16(22)6-4-12(18)10-3-5-13-11(7-10)17(8-15(20)21)14(19)9-24-13/h3,5,7H,2,4,6,8-9H2,1H3,(H,20,21). The molecule has 2 rings (SSSR count). The van der Waals surface area contributed by atoms with Crippen molar-refractivity contribution in [2.75, 3.05) is 24.7 Å². The summed E-state index contributed by atoms with van der Waals surface area (Å²) in [5.74, 6) is -2.11. The first-order chi connectivity index (χ1) is 11.4. The first kappa shape index (κ1) is 17.5. The molecular formula is C16H17NO7. The van der Waals surface area contributed by atoms with Crippen LogP contribution in [0.1, 0.15) is 30.1 Å². The Balaban J connectivity index is 2.18. The molecule has 24 heavy (non-hydrogen) atoms. The molecule has 0 radical (unpaired) electrons. The second-order valence-corrected chi connectivity index (χ2v) is 5.07. The minimum Gasteiger partial charge on any atom is -0.482 e. The lowest BCUT2D eigenvalue weighted by Gasteiger charge is -2.28. The van der Waals surface area contributed by atoms with Crippen molar-refractivity contribution in [1.29, 1.82) is 0 Å². The number of aliphatic carboxylic acids is 1. The lowest BCUT2D eigenvalue weighted by atomic mass is 10.0. The summed E-state index contributed by atoms with van der Waals surface area (Å²) in [6.07, 6.45) is -0.0800. The van der Waals surface area contributed by atoms with Crippen LogP contribution in [-0.2, 0) is 19.1 Å². The number of nitrogens with zero attached hydrogens (tertiary/aromatic N) is 1. The normalized spacial score (nSPS) is 13.0. The van der Waals surface area contributed by atoms with E-state index in [9.17, 15) is 19.2 Å². The van der Waals surface area contributed by atoms with Crippen molar-refractivity contribution in [3.63, 3.8) is 0 Å². The molecule has 0 saturated heterocycles. The number of esters is 1. The van der Waals surface area contributed by atoms with Crippen molar-refractivity contribution in [3.8, 4) is 5.75 Å². The van der Waals surface area contributed by atoms with E-state index in [1.54, 1.807) is 6.92 Å². The molecule has 0 aliphatic carbocycles. The second-order valence-electron chi connectivity index (χ2n) is 5.07. The summed E-state index contributed by atoms with van der Waals surface area (Å²) in [6.45, 7) is 1.15. The van der Waals surface area contributed by atoms with Gasteiger partial charge in [0, 0.05) is 12.0 Å². The van der Waals surface area contributed by atoms with Crippen LogP contribution in [0.25, 0.3) is 0 Å². The second kappa shape index (κ2) is 7.58. The number of hydrogen-bond donors (Lipinski definition) is 1. The van der Waals surface area contributed by atoms with Gasteiger partial charge in [0.15, 0.2) is 12.4 Å². The van der Waals surface area contributed by atoms with Gasteiger partial charge in [-0.25, -0.2) is 0 Å². The number of Topliss-reactive ketones (excluding diaryl/α,β-unsaturated/α-hetero) is 1. The number of carboxylic acid groups (broad SMARTS) is 1. The fraction of sp³-hybridized carbons (Fsp3) is 0.375. The molecule has 1 aromatic carbocycles. The molecule has 1 aliphatic rings. The summed E-state index contributed by atoms with van der Waals surface area (Å²) in [6, 6.07) is 4.43. The predicted octanol–water partition coefficient (Wildman–Crippen LogP) is 1.02. The molecule has 1 heterocycles. The first-order valence-corrected chi connectivity index (χ1v) is 7.40. The van der Waals surface area contributed by atoms with E-state index in [1.807, 2.05) is 0 Å². The molecule has 1 N–H and O–H groups in total. The Bertz CT molecular complexity index is 683. The van der Waals surface area contributed by atoms with E-state index < -0.39 is 24.4 Å². The first-order valence-electron chi connectivity index (χ1n) is 7.40. The summed E-state index contributed by atoms with van der Waals surface area (Å²) in [7, 11) is 0. The minimum absolute atomic E-state index is 0.0364. The smallest absolute Gasteiger partial charge is 0.323 e. The lowest BCUT2D eigenvalue weighted by Crippen LogP contribution is -2.42. The SMILES string of the molecule is CCOC(=O)CCC(=O)c1ccc2c(c1)N(CC(=O)O)C(=O)CO2. The van der Waals surface area contributed by atoms with Gasteiger partial charge in [-0.3, -0.25) is 24.1 Å². The van der Waals surface area contributed by atoms with Gasteiger partial charge < -0.3 is 14.6 Å². The van der Waals surface area contributed by atoms with E-state index in [1.165, 1.54) is 18.2 Å². The highest BCUT2D eigenvalue weighted by Gasteiger charge is 2.28. The zero-order valence-electron chi connectivity index (χ0n) is 13.1. The number of carboxylic acids is 1.